The van der Waals surface area contributed by atoms with E-state index in [4.69, 9.17) is 4.74 Å². The van der Waals surface area contributed by atoms with Gasteiger partial charge in [0.1, 0.15) is 0 Å². The number of aliphatic hydroxyl groups excluding tert-OH is 1. The van der Waals surface area contributed by atoms with Gasteiger partial charge in [-0.25, -0.2) is 0 Å². The molecule has 4 nitrogen and oxygen atoms in total. The van der Waals surface area contributed by atoms with Crippen LogP contribution in [0.4, 0.5) is 0 Å². The molecule has 0 aromatic carbocycles. The van der Waals surface area contributed by atoms with E-state index >= 15 is 0 Å². The fourth-order valence-corrected chi connectivity index (χ4v) is 1.20. The minimum atomic E-state index is -0.804. The molecule has 0 fully saturated rings. The zero-order valence-corrected chi connectivity index (χ0v) is 10.2. The summed E-state index contributed by atoms with van der Waals surface area (Å²) in [5.41, 5.74) is -0.310. The smallest absolute Gasteiger partial charge is 0.311 e. The molecule has 0 spiro atoms. The van der Waals surface area contributed by atoms with Crippen molar-refractivity contribution in [2.24, 2.45) is 5.92 Å². The predicted octanol–water partition coefficient (Wildman–Crippen LogP) is 1.36. The first-order valence-corrected chi connectivity index (χ1v) is 5.21. The van der Waals surface area contributed by atoms with Crippen LogP contribution in [-0.4, -0.2) is 36.5 Å². The number of carbonyl (C=O) groups excluding carboxylic acids is 1. The fourth-order valence-electron chi connectivity index (χ4n) is 1.20. The monoisotopic (exact) mass is 218 g/mol. The molecule has 0 aliphatic carbocycles. The Bertz CT molecular complexity index is 195. The van der Waals surface area contributed by atoms with Gasteiger partial charge in [0.2, 0.25) is 0 Å². The Labute approximate surface area is 91.6 Å². The Hall–Kier alpha value is -0.610. The van der Waals surface area contributed by atoms with Crippen LogP contribution >= 0.6 is 0 Å². The lowest BCUT2D eigenvalue weighted by Gasteiger charge is -2.25. The summed E-state index contributed by atoms with van der Waals surface area (Å²) in [4.78, 5) is 11.3. The van der Waals surface area contributed by atoms with E-state index in [0.29, 0.717) is 6.42 Å². The van der Waals surface area contributed by atoms with Gasteiger partial charge in [0, 0.05) is 0 Å². The van der Waals surface area contributed by atoms with Gasteiger partial charge in [-0.3, -0.25) is 4.79 Å². The molecule has 0 bridgehead atoms. The zero-order valence-electron chi connectivity index (χ0n) is 10.2. The molecule has 4 heteroatoms. The average Bonchev–Trinajstić information content (AvgIpc) is 2.14. The molecule has 0 rings (SSSR count). The van der Waals surface area contributed by atoms with Gasteiger partial charge in [0.15, 0.2) is 0 Å². The highest BCUT2D eigenvalue weighted by molar-refractivity contribution is 5.72. The maximum absolute atomic E-state index is 11.3. The van der Waals surface area contributed by atoms with Crippen molar-refractivity contribution in [3.05, 3.63) is 0 Å². The van der Waals surface area contributed by atoms with Crippen LogP contribution in [0.2, 0.25) is 0 Å². The second-order valence-electron chi connectivity index (χ2n) is 4.53. The van der Waals surface area contributed by atoms with Gasteiger partial charge in [-0.2, -0.15) is 0 Å². The molecule has 1 N–H and O–H groups in total. The first-order chi connectivity index (χ1) is 6.81. The van der Waals surface area contributed by atoms with E-state index in [1.54, 1.807) is 0 Å². The zero-order chi connectivity index (χ0) is 12.1. The highest BCUT2D eigenvalue weighted by atomic mass is 16.5. The summed E-state index contributed by atoms with van der Waals surface area (Å²) in [6.07, 6.45) is -0.261. The quantitative estimate of drug-likeness (QED) is 0.708. The summed E-state index contributed by atoms with van der Waals surface area (Å²) in [6.45, 7) is 7.69. The van der Waals surface area contributed by atoms with Crippen molar-refractivity contribution in [1.82, 2.24) is 0 Å². The van der Waals surface area contributed by atoms with E-state index in [9.17, 15) is 9.90 Å². The molecule has 0 aromatic heterocycles. The Kier molecular flexibility index (Phi) is 5.83. The molecule has 0 aliphatic rings. The molecule has 0 heterocycles. The van der Waals surface area contributed by atoms with Crippen LogP contribution in [-0.2, 0) is 14.3 Å². The van der Waals surface area contributed by atoms with E-state index in [1.807, 2.05) is 27.7 Å². The van der Waals surface area contributed by atoms with E-state index in [1.165, 1.54) is 7.11 Å². The lowest BCUT2D eigenvalue weighted by atomic mass is 10.00. The van der Waals surface area contributed by atoms with Crippen LogP contribution in [0, 0.1) is 5.92 Å². The number of esters is 1. The van der Waals surface area contributed by atoms with E-state index in [2.05, 4.69) is 4.74 Å². The molecule has 0 aromatic rings. The summed E-state index contributed by atoms with van der Waals surface area (Å²) >= 11 is 0. The molecular formula is C11H22O4. The Morgan fingerprint density at radius 3 is 2.27 bits per heavy atom. The number of ether oxygens (including phenoxy) is 2. The summed E-state index contributed by atoms with van der Waals surface area (Å²) in [7, 11) is 1.32. The first-order valence-electron chi connectivity index (χ1n) is 5.21. The van der Waals surface area contributed by atoms with Crippen molar-refractivity contribution in [3.63, 3.8) is 0 Å². The Morgan fingerprint density at radius 1 is 1.40 bits per heavy atom. The molecule has 2 unspecified atom stereocenters. The van der Waals surface area contributed by atoms with E-state index < -0.39 is 12.0 Å². The number of aliphatic hydroxyl groups is 1. The topological polar surface area (TPSA) is 55.8 Å². The maximum Gasteiger partial charge on any atom is 0.311 e. The van der Waals surface area contributed by atoms with Crippen molar-refractivity contribution in [3.8, 4) is 0 Å². The summed E-state index contributed by atoms with van der Waals surface area (Å²) in [6, 6.07) is 0. The summed E-state index contributed by atoms with van der Waals surface area (Å²) in [5.74, 6) is -0.889. The average molecular weight is 218 g/mol. The molecule has 0 amide bonds. The fraction of sp³-hybridized carbons (Fsp3) is 0.909. The third kappa shape index (κ3) is 5.74. The van der Waals surface area contributed by atoms with Crippen molar-refractivity contribution in [2.75, 3.05) is 13.7 Å². The Balaban J connectivity index is 4.16. The van der Waals surface area contributed by atoms with Crippen LogP contribution in [0.5, 0.6) is 0 Å². The maximum atomic E-state index is 11.3. The van der Waals surface area contributed by atoms with Crippen LogP contribution < -0.4 is 0 Å². The predicted molar refractivity (Wildman–Crippen MR) is 57.5 cm³/mol. The summed E-state index contributed by atoms with van der Waals surface area (Å²) < 4.78 is 10.0. The van der Waals surface area contributed by atoms with E-state index in [0.717, 1.165) is 0 Å². The number of hydrogen-bond donors (Lipinski definition) is 1. The molecule has 0 aliphatic heterocycles. The third-order valence-corrected chi connectivity index (χ3v) is 2.10. The van der Waals surface area contributed by atoms with Gasteiger partial charge < -0.3 is 14.6 Å². The van der Waals surface area contributed by atoms with Crippen LogP contribution in [0.15, 0.2) is 0 Å². The van der Waals surface area contributed by atoms with Gasteiger partial charge in [-0.15, -0.1) is 0 Å². The van der Waals surface area contributed by atoms with Gasteiger partial charge in [-0.1, -0.05) is 6.92 Å². The lowest BCUT2D eigenvalue weighted by Crippen LogP contribution is -2.35. The minimum Gasteiger partial charge on any atom is -0.469 e. The number of methoxy groups -OCH3 is 1. The minimum absolute atomic E-state index is 0.150. The molecule has 15 heavy (non-hydrogen) atoms. The van der Waals surface area contributed by atoms with E-state index in [-0.39, 0.29) is 18.2 Å². The second kappa shape index (κ2) is 6.08. The normalized spacial score (nSPS) is 15.9. The van der Waals surface area contributed by atoms with Gasteiger partial charge in [0.25, 0.3) is 0 Å². The lowest BCUT2D eigenvalue weighted by molar-refractivity contribution is -0.153. The highest BCUT2D eigenvalue weighted by Crippen LogP contribution is 2.14. The largest absolute Gasteiger partial charge is 0.469 e. The first kappa shape index (κ1) is 14.4. The molecular weight excluding hydrogens is 196 g/mol. The van der Waals surface area contributed by atoms with Crippen LogP contribution in [0.25, 0.3) is 0 Å². The van der Waals surface area contributed by atoms with Crippen molar-refractivity contribution < 1.29 is 19.4 Å². The highest BCUT2D eigenvalue weighted by Gasteiger charge is 2.27. The third-order valence-electron chi connectivity index (χ3n) is 2.10. The summed E-state index contributed by atoms with van der Waals surface area (Å²) in [5, 5.41) is 9.75. The van der Waals surface area contributed by atoms with Crippen molar-refractivity contribution >= 4 is 5.97 Å². The number of hydrogen-bond acceptors (Lipinski definition) is 4. The Morgan fingerprint density at radius 2 is 1.93 bits per heavy atom. The van der Waals surface area contributed by atoms with Crippen LogP contribution in [0.1, 0.15) is 34.1 Å². The van der Waals surface area contributed by atoms with Gasteiger partial charge in [0.05, 0.1) is 31.3 Å². The standard InChI is InChI=1S/C11H22O4/c1-6-8(10(13)14-5)9(12)7-15-11(2,3)4/h8-9,12H,6-7H2,1-5H3. The van der Waals surface area contributed by atoms with Gasteiger partial charge in [-0.05, 0) is 27.2 Å². The number of carbonyl (C=O) groups is 1. The molecule has 90 valence electrons. The van der Waals surface area contributed by atoms with Crippen LogP contribution in [0.3, 0.4) is 0 Å². The number of rotatable bonds is 5. The van der Waals surface area contributed by atoms with Crippen molar-refractivity contribution in [2.45, 2.75) is 45.8 Å². The molecule has 2 atom stereocenters. The molecule has 0 saturated carbocycles. The molecule has 0 radical (unpaired) electrons. The second-order valence-corrected chi connectivity index (χ2v) is 4.53. The van der Waals surface area contributed by atoms with Gasteiger partial charge >= 0.3 is 5.97 Å². The molecule has 0 saturated heterocycles. The SMILES string of the molecule is CCC(C(=O)OC)C(O)COC(C)(C)C. The van der Waals surface area contributed by atoms with Crippen molar-refractivity contribution in [1.29, 1.82) is 0 Å².